The number of carbonyl (C=O) groups excluding carboxylic acids is 4. The van der Waals surface area contributed by atoms with Crippen LogP contribution in [0.3, 0.4) is 0 Å². The predicted molar refractivity (Wildman–Crippen MR) is 102 cm³/mol. The van der Waals surface area contributed by atoms with Crippen LogP contribution in [-0.2, 0) is 30.3 Å². The highest BCUT2D eigenvalue weighted by molar-refractivity contribution is 6.08. The lowest BCUT2D eigenvalue weighted by atomic mass is 9.85. The Kier molecular flexibility index (Phi) is 6.07. The fourth-order valence-corrected chi connectivity index (χ4v) is 3.56. The molecule has 29 heavy (non-hydrogen) atoms. The van der Waals surface area contributed by atoms with E-state index in [1.807, 2.05) is 18.2 Å². The Hall–Kier alpha value is -3.47. The Morgan fingerprint density at radius 2 is 1.76 bits per heavy atom. The molecule has 0 aromatic heterocycles. The average molecular weight is 395 g/mol. The van der Waals surface area contributed by atoms with E-state index in [9.17, 15) is 19.2 Å². The number of hydrogen-bond acceptors (Lipinski definition) is 6. The Morgan fingerprint density at radius 3 is 2.31 bits per heavy atom. The summed E-state index contributed by atoms with van der Waals surface area (Å²) in [5, 5.41) is 11.2. The number of nitrogens with zero attached hydrogens (tertiary/aromatic N) is 2. The van der Waals surface area contributed by atoms with Gasteiger partial charge in [0.25, 0.3) is 5.91 Å². The van der Waals surface area contributed by atoms with Gasteiger partial charge in [0, 0.05) is 5.69 Å². The van der Waals surface area contributed by atoms with Crippen molar-refractivity contribution in [1.82, 2.24) is 4.90 Å². The summed E-state index contributed by atoms with van der Waals surface area (Å²) in [7, 11) is 0. The van der Waals surface area contributed by atoms with Gasteiger partial charge in [0.2, 0.25) is 11.8 Å². The first-order valence-electron chi connectivity index (χ1n) is 9.36. The first-order valence-corrected chi connectivity index (χ1v) is 9.36. The largest absolute Gasteiger partial charge is 0.454 e. The summed E-state index contributed by atoms with van der Waals surface area (Å²) in [6.07, 6.45) is 4.99. The molecular weight excluding hydrogens is 374 g/mol. The smallest absolute Gasteiger partial charge is 0.329 e. The van der Waals surface area contributed by atoms with E-state index in [0.717, 1.165) is 10.5 Å². The van der Waals surface area contributed by atoms with E-state index in [1.165, 1.54) is 6.92 Å². The van der Waals surface area contributed by atoms with Gasteiger partial charge in [-0.2, -0.15) is 5.26 Å². The second-order valence-electron chi connectivity index (χ2n) is 7.07. The lowest BCUT2D eigenvalue weighted by molar-refractivity contribution is -0.159. The maximum absolute atomic E-state index is 12.5. The summed E-state index contributed by atoms with van der Waals surface area (Å²) < 4.78 is 5.01. The monoisotopic (exact) mass is 395 g/mol. The minimum Gasteiger partial charge on any atom is -0.454 e. The van der Waals surface area contributed by atoms with Gasteiger partial charge in [-0.25, -0.2) is 4.79 Å². The van der Waals surface area contributed by atoms with Crippen LogP contribution in [0, 0.1) is 23.2 Å². The molecule has 3 atom stereocenters. The average Bonchev–Trinajstić information content (AvgIpc) is 2.98. The molecule has 2 aliphatic rings. The number of carbonyl (C=O) groups is 4. The number of benzene rings is 1. The van der Waals surface area contributed by atoms with Gasteiger partial charge in [0.05, 0.1) is 24.3 Å². The molecule has 1 N–H and O–H groups in total. The number of esters is 1. The molecule has 3 amide bonds. The van der Waals surface area contributed by atoms with Crippen LogP contribution < -0.4 is 5.32 Å². The van der Waals surface area contributed by atoms with Crippen LogP contribution in [0.15, 0.2) is 36.4 Å². The molecule has 1 aromatic carbocycles. The third-order valence-corrected chi connectivity index (χ3v) is 5.14. The number of imide groups is 1. The number of fused-ring (bicyclic) bond motifs is 1. The van der Waals surface area contributed by atoms with Crippen molar-refractivity contribution in [3.8, 4) is 6.07 Å². The summed E-state index contributed by atoms with van der Waals surface area (Å²) in [6.45, 7) is 0.891. The molecular formula is C21H21N3O5. The molecule has 3 rings (SSSR count). The van der Waals surface area contributed by atoms with E-state index in [0.29, 0.717) is 18.5 Å². The molecule has 150 valence electrons. The van der Waals surface area contributed by atoms with Crippen LogP contribution in [0.25, 0.3) is 0 Å². The highest BCUT2D eigenvalue weighted by Gasteiger charge is 2.50. The first-order chi connectivity index (χ1) is 13.9. The molecule has 1 aromatic rings. The SMILES string of the molecule is C[C@@H](C(=O)OCC(=O)Nc1ccc(CC#N)cc1)N1C(=O)[C@@H]2CC=CC[C@H]2C1=O. The second kappa shape index (κ2) is 8.69. The molecule has 1 heterocycles. The van der Waals surface area contributed by atoms with Crippen molar-refractivity contribution >= 4 is 29.4 Å². The molecule has 0 spiro atoms. The lowest BCUT2D eigenvalue weighted by Crippen LogP contribution is -2.45. The van der Waals surface area contributed by atoms with Crippen molar-refractivity contribution in [3.63, 3.8) is 0 Å². The molecule has 0 radical (unpaired) electrons. The van der Waals surface area contributed by atoms with Gasteiger partial charge >= 0.3 is 5.97 Å². The number of ether oxygens (including phenoxy) is 1. The van der Waals surface area contributed by atoms with E-state index in [-0.39, 0.29) is 18.2 Å². The topological polar surface area (TPSA) is 117 Å². The zero-order chi connectivity index (χ0) is 21.0. The number of nitrogens with one attached hydrogen (secondary N) is 1. The molecule has 8 nitrogen and oxygen atoms in total. The molecule has 1 aliphatic carbocycles. The number of anilines is 1. The first kappa shape index (κ1) is 20.3. The maximum Gasteiger partial charge on any atom is 0.329 e. The van der Waals surface area contributed by atoms with Crippen molar-refractivity contribution < 1.29 is 23.9 Å². The number of rotatable bonds is 6. The Bertz CT molecular complexity index is 874. The second-order valence-corrected chi connectivity index (χ2v) is 7.07. The Morgan fingerprint density at radius 1 is 1.17 bits per heavy atom. The van der Waals surface area contributed by atoms with Crippen molar-refractivity contribution in [1.29, 1.82) is 5.26 Å². The van der Waals surface area contributed by atoms with Crippen LogP contribution in [-0.4, -0.2) is 41.2 Å². The number of likely N-dealkylation sites (tertiary alicyclic amines) is 1. The van der Waals surface area contributed by atoms with Gasteiger partial charge in [-0.15, -0.1) is 0 Å². The maximum atomic E-state index is 12.5. The van der Waals surface area contributed by atoms with Crippen molar-refractivity contribution in [2.24, 2.45) is 11.8 Å². The standard InChI is InChI=1S/C21H21N3O5/c1-13(24-19(26)16-4-2-3-5-17(16)20(24)27)21(28)29-12-18(25)23-15-8-6-14(7-9-15)10-11-22/h2-3,6-9,13,16-17H,4-5,10,12H2,1H3,(H,23,25)/t13-,16+,17+/m0/s1. The van der Waals surface area contributed by atoms with E-state index >= 15 is 0 Å². The van der Waals surface area contributed by atoms with Gasteiger partial charge in [-0.05, 0) is 37.5 Å². The number of nitriles is 1. The Labute approximate surface area is 168 Å². The van der Waals surface area contributed by atoms with Crippen molar-refractivity contribution in [2.75, 3.05) is 11.9 Å². The lowest BCUT2D eigenvalue weighted by Gasteiger charge is -2.21. The van der Waals surface area contributed by atoms with Crippen LogP contribution in [0.1, 0.15) is 25.3 Å². The van der Waals surface area contributed by atoms with Gasteiger partial charge < -0.3 is 10.1 Å². The minimum atomic E-state index is -1.08. The van der Waals surface area contributed by atoms with Crippen molar-refractivity contribution in [3.05, 3.63) is 42.0 Å². The van der Waals surface area contributed by atoms with Gasteiger partial charge in [-0.3, -0.25) is 19.3 Å². The third kappa shape index (κ3) is 4.35. The normalized spacial score (nSPS) is 21.3. The highest BCUT2D eigenvalue weighted by atomic mass is 16.5. The fourth-order valence-electron chi connectivity index (χ4n) is 3.56. The molecule has 0 unspecified atom stereocenters. The third-order valence-electron chi connectivity index (χ3n) is 5.14. The van der Waals surface area contributed by atoms with Crippen molar-refractivity contribution in [2.45, 2.75) is 32.2 Å². The van der Waals surface area contributed by atoms with Gasteiger partial charge in [0.1, 0.15) is 6.04 Å². The van der Waals surface area contributed by atoms with Crippen LogP contribution >= 0.6 is 0 Å². The minimum absolute atomic E-state index is 0.273. The van der Waals surface area contributed by atoms with E-state index < -0.39 is 36.4 Å². The van der Waals surface area contributed by atoms with E-state index in [4.69, 9.17) is 10.00 Å². The van der Waals surface area contributed by atoms with Crippen LogP contribution in [0.2, 0.25) is 0 Å². The zero-order valence-corrected chi connectivity index (χ0v) is 16.0. The molecule has 8 heteroatoms. The van der Waals surface area contributed by atoms with E-state index in [2.05, 4.69) is 5.32 Å². The summed E-state index contributed by atoms with van der Waals surface area (Å²) in [4.78, 5) is 50.3. The van der Waals surface area contributed by atoms with Crippen LogP contribution in [0.5, 0.6) is 0 Å². The molecule has 1 aliphatic heterocycles. The zero-order valence-electron chi connectivity index (χ0n) is 16.0. The Balaban J connectivity index is 1.52. The predicted octanol–water partition coefficient (Wildman–Crippen LogP) is 1.57. The van der Waals surface area contributed by atoms with E-state index in [1.54, 1.807) is 24.3 Å². The van der Waals surface area contributed by atoms with Gasteiger partial charge in [-0.1, -0.05) is 24.3 Å². The van der Waals surface area contributed by atoms with Gasteiger partial charge in [0.15, 0.2) is 6.61 Å². The fraction of sp³-hybridized carbons (Fsp3) is 0.381. The molecule has 0 saturated carbocycles. The summed E-state index contributed by atoms with van der Waals surface area (Å²) in [5.41, 5.74) is 1.32. The molecule has 1 saturated heterocycles. The summed E-state index contributed by atoms with van der Waals surface area (Å²) >= 11 is 0. The summed E-state index contributed by atoms with van der Waals surface area (Å²) in [6, 6.07) is 7.67. The summed E-state index contributed by atoms with van der Waals surface area (Å²) in [5.74, 6) is -2.93. The molecule has 1 fully saturated rings. The number of allylic oxidation sites excluding steroid dienone is 2. The quantitative estimate of drug-likeness (QED) is 0.444. The number of amides is 3. The molecule has 0 bridgehead atoms. The number of hydrogen-bond donors (Lipinski definition) is 1. The van der Waals surface area contributed by atoms with Crippen LogP contribution in [0.4, 0.5) is 5.69 Å². The highest BCUT2D eigenvalue weighted by Crippen LogP contribution is 2.36.